The largest absolute Gasteiger partial charge is 0.205 e. The molecule has 0 unspecified atom stereocenters. The zero-order valence-electron chi connectivity index (χ0n) is 7.83. The molecule has 0 aliphatic heterocycles. The molecular formula is C10H18NO+. The molecule has 0 aromatic heterocycles. The quantitative estimate of drug-likeness (QED) is 0.320. The molecule has 2 heteroatoms. The van der Waals surface area contributed by atoms with Crippen LogP contribution in [-0.4, -0.2) is 31.4 Å². The third-order valence-corrected chi connectivity index (χ3v) is 1.77. The highest BCUT2D eigenvalue weighted by Gasteiger charge is 2.22. The average molecular weight is 168 g/mol. The summed E-state index contributed by atoms with van der Waals surface area (Å²) in [5.41, 5.74) is 0. The molecule has 12 heavy (non-hydrogen) atoms. The zero-order chi connectivity index (χ0) is 9.45. The molecule has 0 aromatic rings. The molecule has 0 amide bonds. The van der Waals surface area contributed by atoms with Crippen LogP contribution in [0.2, 0.25) is 0 Å². The summed E-state index contributed by atoms with van der Waals surface area (Å²) < 4.78 is 0.497. The number of rotatable bonds is 7. The molecule has 0 saturated carbocycles. The van der Waals surface area contributed by atoms with Crippen LogP contribution in [-0.2, 0) is 4.84 Å². The van der Waals surface area contributed by atoms with E-state index in [1.165, 1.54) is 0 Å². The van der Waals surface area contributed by atoms with Gasteiger partial charge in [-0.1, -0.05) is 19.7 Å². The molecule has 0 atom stereocenters. The number of hydrogen-bond acceptors (Lipinski definition) is 1. The van der Waals surface area contributed by atoms with E-state index in [0.717, 1.165) is 19.6 Å². The van der Waals surface area contributed by atoms with Crippen molar-refractivity contribution in [2.24, 2.45) is 0 Å². The minimum absolute atomic E-state index is 0.497. The summed E-state index contributed by atoms with van der Waals surface area (Å²) in [7, 11) is 1.69. The second-order valence-corrected chi connectivity index (χ2v) is 2.65. The van der Waals surface area contributed by atoms with Crippen LogP contribution >= 0.6 is 0 Å². The van der Waals surface area contributed by atoms with Crippen molar-refractivity contribution in [2.45, 2.75) is 0 Å². The molecule has 0 fully saturated rings. The Bertz CT molecular complexity index is 137. The Morgan fingerprint density at radius 3 is 1.50 bits per heavy atom. The van der Waals surface area contributed by atoms with Gasteiger partial charge in [0, 0.05) is 0 Å². The molecule has 0 heterocycles. The highest BCUT2D eigenvalue weighted by molar-refractivity contribution is 4.73. The topological polar surface area (TPSA) is 9.23 Å². The first kappa shape index (κ1) is 11.1. The van der Waals surface area contributed by atoms with Crippen molar-refractivity contribution in [3.63, 3.8) is 0 Å². The van der Waals surface area contributed by atoms with E-state index in [0.29, 0.717) is 4.65 Å². The normalized spacial score (nSPS) is 10.8. The van der Waals surface area contributed by atoms with Crippen molar-refractivity contribution in [2.75, 3.05) is 26.7 Å². The van der Waals surface area contributed by atoms with Crippen LogP contribution in [0, 0.1) is 0 Å². The summed E-state index contributed by atoms with van der Waals surface area (Å²) in [5, 5.41) is 0. The highest BCUT2D eigenvalue weighted by Crippen LogP contribution is 2.07. The second-order valence-electron chi connectivity index (χ2n) is 2.65. The summed E-state index contributed by atoms with van der Waals surface area (Å²) in [6.07, 6.45) is 5.53. The van der Waals surface area contributed by atoms with Gasteiger partial charge in [0.15, 0.2) is 0 Å². The third kappa shape index (κ3) is 3.03. The molecular weight excluding hydrogens is 150 g/mol. The lowest BCUT2D eigenvalue weighted by molar-refractivity contribution is -1.09. The first-order valence-electron chi connectivity index (χ1n) is 3.99. The molecule has 0 saturated heterocycles. The van der Waals surface area contributed by atoms with Gasteiger partial charge in [0.2, 0.25) is 0 Å². The molecule has 0 radical (unpaired) electrons. The Kier molecular flexibility index (Phi) is 5.34. The van der Waals surface area contributed by atoms with E-state index < -0.39 is 0 Å². The predicted octanol–water partition coefficient (Wildman–Crippen LogP) is 1.92. The second kappa shape index (κ2) is 5.75. The van der Waals surface area contributed by atoms with Crippen LogP contribution in [0.15, 0.2) is 38.0 Å². The van der Waals surface area contributed by atoms with Crippen LogP contribution in [0.1, 0.15) is 0 Å². The summed E-state index contributed by atoms with van der Waals surface area (Å²) >= 11 is 0. The molecule has 0 N–H and O–H groups in total. The molecule has 0 aromatic carbocycles. The van der Waals surface area contributed by atoms with Crippen molar-refractivity contribution in [3.05, 3.63) is 38.0 Å². The number of hydrogen-bond donors (Lipinski definition) is 0. The van der Waals surface area contributed by atoms with Crippen LogP contribution in [0.25, 0.3) is 0 Å². The minimum atomic E-state index is 0.497. The van der Waals surface area contributed by atoms with Gasteiger partial charge in [-0.25, -0.2) is 4.84 Å². The summed E-state index contributed by atoms with van der Waals surface area (Å²) in [6, 6.07) is 0. The maximum Gasteiger partial charge on any atom is 0.128 e. The van der Waals surface area contributed by atoms with E-state index in [2.05, 4.69) is 19.7 Å². The van der Waals surface area contributed by atoms with Gasteiger partial charge in [-0.3, -0.25) is 0 Å². The number of hydroxylamine groups is 3. The Hall–Kier alpha value is -0.860. The van der Waals surface area contributed by atoms with Crippen molar-refractivity contribution in [1.29, 1.82) is 0 Å². The van der Waals surface area contributed by atoms with Crippen molar-refractivity contribution >= 4 is 0 Å². The lowest BCUT2D eigenvalue weighted by Gasteiger charge is -2.30. The first-order chi connectivity index (χ1) is 5.74. The monoisotopic (exact) mass is 168 g/mol. The number of nitrogens with zero attached hydrogens (tertiary/aromatic N) is 1. The zero-order valence-corrected chi connectivity index (χ0v) is 7.83. The first-order valence-corrected chi connectivity index (χ1v) is 3.99. The Morgan fingerprint density at radius 2 is 1.33 bits per heavy atom. The van der Waals surface area contributed by atoms with Crippen LogP contribution in [0.4, 0.5) is 0 Å². The maximum absolute atomic E-state index is 5.38. The molecule has 2 nitrogen and oxygen atoms in total. The Labute approximate surface area is 75.0 Å². The average Bonchev–Trinajstić information content (AvgIpc) is 2.06. The predicted molar refractivity (Wildman–Crippen MR) is 52.5 cm³/mol. The van der Waals surface area contributed by atoms with Gasteiger partial charge in [-0.05, 0) is 18.2 Å². The van der Waals surface area contributed by atoms with Crippen molar-refractivity contribution in [1.82, 2.24) is 0 Å². The van der Waals surface area contributed by atoms with Gasteiger partial charge in [0.25, 0.3) is 0 Å². The number of quaternary nitrogens is 1. The van der Waals surface area contributed by atoms with Gasteiger partial charge < -0.3 is 0 Å². The summed E-state index contributed by atoms with van der Waals surface area (Å²) in [6.45, 7) is 13.4. The van der Waals surface area contributed by atoms with E-state index in [-0.39, 0.29) is 0 Å². The van der Waals surface area contributed by atoms with Gasteiger partial charge in [0.05, 0.1) is 7.11 Å². The third-order valence-electron chi connectivity index (χ3n) is 1.77. The Morgan fingerprint density at radius 1 is 1.00 bits per heavy atom. The fourth-order valence-electron chi connectivity index (χ4n) is 1.15. The molecule has 0 bridgehead atoms. The van der Waals surface area contributed by atoms with E-state index in [4.69, 9.17) is 4.84 Å². The van der Waals surface area contributed by atoms with E-state index in [1.807, 2.05) is 18.2 Å². The highest BCUT2D eigenvalue weighted by atomic mass is 16.7. The van der Waals surface area contributed by atoms with E-state index in [1.54, 1.807) is 7.11 Å². The van der Waals surface area contributed by atoms with Gasteiger partial charge >= 0.3 is 0 Å². The van der Waals surface area contributed by atoms with Gasteiger partial charge in [-0.15, -0.1) is 0 Å². The fraction of sp³-hybridized carbons (Fsp3) is 0.400. The summed E-state index contributed by atoms with van der Waals surface area (Å²) in [5.74, 6) is 0. The van der Waals surface area contributed by atoms with E-state index in [9.17, 15) is 0 Å². The minimum Gasteiger partial charge on any atom is -0.205 e. The van der Waals surface area contributed by atoms with Gasteiger partial charge in [0.1, 0.15) is 19.6 Å². The van der Waals surface area contributed by atoms with Crippen LogP contribution in [0.5, 0.6) is 0 Å². The van der Waals surface area contributed by atoms with Crippen LogP contribution < -0.4 is 0 Å². The van der Waals surface area contributed by atoms with Crippen molar-refractivity contribution in [3.8, 4) is 0 Å². The van der Waals surface area contributed by atoms with E-state index >= 15 is 0 Å². The lowest BCUT2D eigenvalue weighted by Crippen LogP contribution is -2.47. The SMILES string of the molecule is C=CC[N+](CC=C)(CC=C)OC. The van der Waals surface area contributed by atoms with Crippen molar-refractivity contribution < 1.29 is 9.48 Å². The molecule has 0 aliphatic carbocycles. The molecule has 68 valence electrons. The van der Waals surface area contributed by atoms with Crippen LogP contribution in [0.3, 0.4) is 0 Å². The summed E-state index contributed by atoms with van der Waals surface area (Å²) in [4.78, 5) is 5.38. The smallest absolute Gasteiger partial charge is 0.128 e. The fourth-order valence-corrected chi connectivity index (χ4v) is 1.15. The molecule has 0 spiro atoms. The standard InChI is InChI=1S/C10H18NO/c1-5-8-11(12-4,9-6-2)10-7-3/h5-7H,1-3,8-10H2,4H3/q+1. The molecule has 0 aliphatic rings. The lowest BCUT2D eigenvalue weighted by atomic mass is 10.4. The van der Waals surface area contributed by atoms with Gasteiger partial charge in [-0.2, -0.15) is 4.65 Å². The Balaban J connectivity index is 4.35. The maximum atomic E-state index is 5.38. The molecule has 0 rings (SSSR count).